The van der Waals surface area contributed by atoms with Crippen molar-refractivity contribution in [3.63, 3.8) is 0 Å². The van der Waals surface area contributed by atoms with Gasteiger partial charge in [-0.1, -0.05) is 48.8 Å². The molecular weight excluding hydrogens is 859 g/mol. The second kappa shape index (κ2) is 22.2. The summed E-state index contributed by atoms with van der Waals surface area (Å²) in [5.41, 5.74) is -1.04. The van der Waals surface area contributed by atoms with Gasteiger partial charge in [0.2, 0.25) is 5.91 Å². The van der Waals surface area contributed by atoms with Crippen LogP contribution in [0.3, 0.4) is 0 Å². The normalized spacial score (nSPS) is 33.5. The summed E-state index contributed by atoms with van der Waals surface area (Å²) in [6, 6.07) is 0. The molecule has 1 spiro atoms. The third-order valence-electron chi connectivity index (χ3n) is 14.3. The molecule has 0 aromatic heterocycles. The molecule has 2 aliphatic carbocycles. The molecule has 360 valence electrons. The van der Waals surface area contributed by atoms with Crippen LogP contribution in [0.15, 0.2) is 11.1 Å². The monoisotopic (exact) mass is 931 g/mol. The Morgan fingerprint density at radius 1 is 0.825 bits per heavy atom. The zero-order valence-corrected chi connectivity index (χ0v) is 39.2. The summed E-state index contributed by atoms with van der Waals surface area (Å²) in [5, 5.41) is 3.59. The minimum absolute atomic E-state index is 0. The average molecular weight is 932 g/mol. The van der Waals surface area contributed by atoms with Crippen LogP contribution >= 0.6 is 21.6 Å². The van der Waals surface area contributed by atoms with Crippen LogP contribution in [0.25, 0.3) is 0 Å². The highest BCUT2D eigenvalue weighted by Crippen LogP contribution is 2.76. The van der Waals surface area contributed by atoms with Gasteiger partial charge in [0, 0.05) is 50.7 Å². The van der Waals surface area contributed by atoms with E-state index in [2.05, 4.69) is 19.2 Å². The standard InChI is InChI=1S/C45H69NO15S2.2H2/c1-30(2)44-40(45-35(59-45)28-34-33-29-57-39(50)32(33)12-14-42(34,3)43(45,4)60-41(44)61-44)58-38(49)11-7-9-36(47)46-15-16-51-17-18-52-19-20-53-21-22-54-23-24-55-25-26-56-37(48)10-6-5-8-31-13-27-62-63-31;;/h30-31,34-35,40-41H,5-29H2,1-4H3,(H,46,47);2*1H/t31?,34?,35?,40-,41-,42+,43-,44-,45-;;/m1../s1. The number of carbonyl (C=O) groups is 4. The van der Waals surface area contributed by atoms with E-state index in [4.69, 9.17) is 52.1 Å². The first-order chi connectivity index (χ1) is 30.5. The quantitative estimate of drug-likeness (QED) is 0.0331. The molecule has 1 saturated carbocycles. The highest BCUT2D eigenvalue weighted by Gasteiger charge is 2.92. The van der Waals surface area contributed by atoms with Crippen LogP contribution in [0.2, 0.25) is 0 Å². The van der Waals surface area contributed by atoms with Crippen LogP contribution in [0.1, 0.15) is 101 Å². The van der Waals surface area contributed by atoms with Crippen molar-refractivity contribution >= 4 is 45.4 Å². The number of fused-ring (bicyclic) bond motifs is 4. The Labute approximate surface area is 382 Å². The molecule has 9 atom stereocenters. The second-order valence-electron chi connectivity index (χ2n) is 18.2. The van der Waals surface area contributed by atoms with Crippen molar-refractivity contribution in [3.8, 4) is 0 Å². The fraction of sp³-hybridized carbons (Fsp3) is 0.867. The summed E-state index contributed by atoms with van der Waals surface area (Å²) < 4.78 is 64.5. The highest BCUT2D eigenvalue weighted by atomic mass is 33.1. The van der Waals surface area contributed by atoms with Crippen molar-refractivity contribution in [3.05, 3.63) is 11.1 Å². The summed E-state index contributed by atoms with van der Waals surface area (Å²) in [6.45, 7) is 13.4. The number of hydrogen-bond donors (Lipinski definition) is 1. The number of carbonyl (C=O) groups excluding carboxylic acids is 4. The van der Waals surface area contributed by atoms with Crippen LogP contribution in [0.5, 0.6) is 0 Å². The molecule has 1 amide bonds. The Morgan fingerprint density at radius 3 is 2.16 bits per heavy atom. The fourth-order valence-electron chi connectivity index (χ4n) is 10.5. The zero-order chi connectivity index (χ0) is 44.5. The molecule has 0 radical (unpaired) electrons. The number of esters is 3. The molecule has 16 nitrogen and oxygen atoms in total. The van der Waals surface area contributed by atoms with E-state index < -0.39 is 35.2 Å². The summed E-state index contributed by atoms with van der Waals surface area (Å²) in [6.07, 6.45) is 6.10. The SMILES string of the molecule is CC(C)[C@]12O[C@H]1O[C@]1(C)[C@@]3(C)CCC4=C(COC4=O)C3CC3O[C@@]31[C@@H]2OC(=O)CCCC(=O)NCCOCCOCCOCCOCCOCCOC(=O)CCCCC1CCSS1.[HH].[HH]. The molecule has 5 fully saturated rings. The Hall–Kier alpha value is -2.00. The molecule has 4 saturated heterocycles. The van der Waals surface area contributed by atoms with E-state index in [0.29, 0.717) is 105 Å². The summed E-state index contributed by atoms with van der Waals surface area (Å²) in [5.74, 6) is 0.368. The maximum atomic E-state index is 13.5. The van der Waals surface area contributed by atoms with E-state index in [1.807, 2.05) is 35.4 Å². The minimum Gasteiger partial charge on any atom is -0.463 e. The van der Waals surface area contributed by atoms with Crippen LogP contribution in [0.4, 0.5) is 0 Å². The van der Waals surface area contributed by atoms with Gasteiger partial charge in [0.15, 0.2) is 23.6 Å². The molecular formula is C45H73NO15S2. The van der Waals surface area contributed by atoms with Crippen molar-refractivity contribution < 1.29 is 74.1 Å². The predicted molar refractivity (Wildman–Crippen MR) is 236 cm³/mol. The first-order valence-corrected chi connectivity index (χ1v) is 25.6. The molecule has 0 aromatic carbocycles. The van der Waals surface area contributed by atoms with Crippen LogP contribution in [0, 0.1) is 17.3 Å². The van der Waals surface area contributed by atoms with Gasteiger partial charge in [-0.15, -0.1) is 0 Å². The van der Waals surface area contributed by atoms with E-state index in [1.165, 1.54) is 18.6 Å². The maximum Gasteiger partial charge on any atom is 0.334 e. The van der Waals surface area contributed by atoms with Gasteiger partial charge in [0.1, 0.15) is 18.8 Å². The molecule has 3 unspecified atom stereocenters. The van der Waals surface area contributed by atoms with E-state index in [9.17, 15) is 19.2 Å². The minimum atomic E-state index is -0.871. The van der Waals surface area contributed by atoms with Gasteiger partial charge in [-0.3, -0.25) is 14.4 Å². The van der Waals surface area contributed by atoms with E-state index >= 15 is 0 Å². The third kappa shape index (κ3) is 10.9. The number of epoxide rings is 2. The molecule has 0 bridgehead atoms. The zero-order valence-electron chi connectivity index (χ0n) is 37.6. The van der Waals surface area contributed by atoms with Crippen molar-refractivity contribution in [2.75, 3.05) is 91.6 Å². The smallest absolute Gasteiger partial charge is 0.334 e. The first-order valence-electron chi connectivity index (χ1n) is 23.2. The van der Waals surface area contributed by atoms with Gasteiger partial charge in [-0.05, 0) is 69.3 Å². The van der Waals surface area contributed by atoms with Gasteiger partial charge in [-0.2, -0.15) is 0 Å². The van der Waals surface area contributed by atoms with E-state index in [0.717, 1.165) is 35.7 Å². The number of nitrogens with one attached hydrogen (secondary N) is 1. The Bertz CT molecular complexity index is 1640. The lowest BCUT2D eigenvalue weighted by Crippen LogP contribution is -2.74. The molecule has 0 aromatic rings. The fourth-order valence-corrected chi connectivity index (χ4v) is 13.5. The van der Waals surface area contributed by atoms with Crippen molar-refractivity contribution in [2.24, 2.45) is 17.3 Å². The van der Waals surface area contributed by atoms with Gasteiger partial charge >= 0.3 is 17.9 Å². The molecule has 5 aliphatic heterocycles. The number of unbranched alkanes of at least 4 members (excludes halogenated alkanes) is 1. The lowest BCUT2D eigenvalue weighted by atomic mass is 9.47. The summed E-state index contributed by atoms with van der Waals surface area (Å²) >= 11 is 0. The lowest BCUT2D eigenvalue weighted by Gasteiger charge is -2.60. The maximum absolute atomic E-state index is 13.5. The first kappa shape index (κ1) is 48.9. The van der Waals surface area contributed by atoms with E-state index in [1.54, 1.807) is 0 Å². The number of rotatable bonds is 29. The molecule has 7 rings (SSSR count). The molecule has 5 heterocycles. The number of hydrogen-bond acceptors (Lipinski definition) is 17. The highest BCUT2D eigenvalue weighted by molar-refractivity contribution is 8.77. The van der Waals surface area contributed by atoms with Gasteiger partial charge in [0.25, 0.3) is 0 Å². The molecule has 1 N–H and O–H groups in total. The second-order valence-corrected chi connectivity index (χ2v) is 21.0. The summed E-state index contributed by atoms with van der Waals surface area (Å²) in [4.78, 5) is 50.3. The topological polar surface area (TPSA) is 188 Å². The summed E-state index contributed by atoms with van der Waals surface area (Å²) in [7, 11) is 3.93. The van der Waals surface area contributed by atoms with Crippen LogP contribution in [-0.4, -0.2) is 156 Å². The Balaban J connectivity index is 0.00000397. The van der Waals surface area contributed by atoms with Crippen LogP contribution < -0.4 is 5.32 Å². The third-order valence-corrected chi connectivity index (χ3v) is 17.3. The number of cyclic esters (lactones) is 1. The number of amides is 1. The van der Waals surface area contributed by atoms with Gasteiger partial charge in [-0.25, -0.2) is 4.79 Å². The Kier molecular flexibility index (Phi) is 17.2. The molecule has 7 aliphatic rings. The molecule has 18 heteroatoms. The Morgan fingerprint density at radius 2 is 1.49 bits per heavy atom. The van der Waals surface area contributed by atoms with Crippen LogP contribution in [-0.2, 0) is 71.3 Å². The predicted octanol–water partition coefficient (Wildman–Crippen LogP) is 5.37. The molecule has 63 heavy (non-hydrogen) atoms. The van der Waals surface area contributed by atoms with Crippen molar-refractivity contribution in [2.45, 2.75) is 139 Å². The average Bonchev–Trinajstić information content (AvgIpc) is 4.04. The van der Waals surface area contributed by atoms with E-state index in [-0.39, 0.29) is 63.5 Å². The number of ether oxygens (including phenoxy) is 11. The largest absolute Gasteiger partial charge is 0.463 e. The lowest BCUT2D eigenvalue weighted by molar-refractivity contribution is -0.256. The van der Waals surface area contributed by atoms with Crippen molar-refractivity contribution in [1.82, 2.24) is 5.32 Å². The van der Waals surface area contributed by atoms with Gasteiger partial charge < -0.3 is 57.4 Å². The van der Waals surface area contributed by atoms with Gasteiger partial charge in [0.05, 0.1) is 72.2 Å². The van der Waals surface area contributed by atoms with Crippen molar-refractivity contribution in [1.29, 1.82) is 0 Å².